The monoisotopic (exact) mass is 342 g/mol. The van der Waals surface area contributed by atoms with Crippen LogP contribution in [-0.4, -0.2) is 33.6 Å². The van der Waals surface area contributed by atoms with Gasteiger partial charge in [-0.05, 0) is 30.9 Å². The molecule has 136 valence electrons. The Morgan fingerprint density at radius 2 is 2.08 bits per heavy atom. The Hall–Kier alpha value is -2.37. The van der Waals surface area contributed by atoms with E-state index in [0.29, 0.717) is 12.6 Å². The molecule has 0 aliphatic heterocycles. The maximum absolute atomic E-state index is 4.47. The summed E-state index contributed by atoms with van der Waals surface area (Å²) < 4.78 is 1.89. The highest BCUT2D eigenvalue weighted by Crippen LogP contribution is 2.08. The first kappa shape index (κ1) is 19.0. The van der Waals surface area contributed by atoms with Crippen LogP contribution in [0.5, 0.6) is 0 Å². The number of nitrogens with one attached hydrogen (secondary N) is 2. The van der Waals surface area contributed by atoms with E-state index >= 15 is 0 Å². The third-order valence-electron chi connectivity index (χ3n) is 4.06. The molecule has 2 heterocycles. The van der Waals surface area contributed by atoms with Crippen LogP contribution in [0.4, 0.5) is 0 Å². The third-order valence-corrected chi connectivity index (χ3v) is 4.06. The first-order valence-corrected chi connectivity index (χ1v) is 8.99. The van der Waals surface area contributed by atoms with Gasteiger partial charge in [-0.15, -0.1) is 0 Å². The highest BCUT2D eigenvalue weighted by molar-refractivity contribution is 5.79. The maximum atomic E-state index is 4.47. The van der Waals surface area contributed by atoms with Gasteiger partial charge in [0.25, 0.3) is 0 Å². The number of guanidine groups is 1. The second-order valence-corrected chi connectivity index (χ2v) is 6.79. The molecule has 0 fully saturated rings. The van der Waals surface area contributed by atoms with Gasteiger partial charge in [0.05, 0.1) is 0 Å². The molecular formula is C19H30N6. The number of nitrogens with zero attached hydrogens (tertiary/aromatic N) is 4. The maximum Gasteiger partial charge on any atom is 0.191 e. The van der Waals surface area contributed by atoms with Gasteiger partial charge in [0.15, 0.2) is 5.96 Å². The van der Waals surface area contributed by atoms with Crippen molar-refractivity contribution in [2.24, 2.45) is 10.9 Å². The fraction of sp³-hybridized carbons (Fsp3) is 0.526. The fourth-order valence-electron chi connectivity index (χ4n) is 2.59. The van der Waals surface area contributed by atoms with Gasteiger partial charge < -0.3 is 10.6 Å². The molecule has 0 amide bonds. The molecule has 6 heteroatoms. The number of aromatic nitrogens is 3. The first-order valence-electron chi connectivity index (χ1n) is 8.99. The van der Waals surface area contributed by atoms with Gasteiger partial charge >= 0.3 is 0 Å². The van der Waals surface area contributed by atoms with Crippen LogP contribution >= 0.6 is 0 Å². The van der Waals surface area contributed by atoms with E-state index in [0.717, 1.165) is 29.7 Å². The smallest absolute Gasteiger partial charge is 0.191 e. The number of hydrogen-bond acceptors (Lipinski definition) is 3. The Labute approximate surface area is 150 Å². The van der Waals surface area contributed by atoms with Crippen LogP contribution in [0.3, 0.4) is 0 Å². The van der Waals surface area contributed by atoms with Gasteiger partial charge in [-0.1, -0.05) is 32.8 Å². The van der Waals surface area contributed by atoms with E-state index in [-0.39, 0.29) is 0 Å². The zero-order valence-electron chi connectivity index (χ0n) is 15.7. The Morgan fingerprint density at radius 3 is 2.68 bits per heavy atom. The van der Waals surface area contributed by atoms with E-state index in [1.54, 1.807) is 19.6 Å². The number of rotatable bonds is 8. The highest BCUT2D eigenvalue weighted by atomic mass is 15.2. The number of aliphatic imine (C=N–C) groups is 1. The Balaban J connectivity index is 1.78. The van der Waals surface area contributed by atoms with Crippen molar-refractivity contribution in [3.05, 3.63) is 42.6 Å². The molecule has 0 spiro atoms. The molecule has 0 bridgehead atoms. The summed E-state index contributed by atoms with van der Waals surface area (Å²) in [6, 6.07) is 4.46. The molecule has 1 unspecified atom stereocenters. The van der Waals surface area contributed by atoms with Crippen LogP contribution in [0, 0.1) is 5.92 Å². The SMILES string of the molecule is CN=C(NCc1ccc(-n2ccnc2)nc1)NC(C)CCCC(C)C. The van der Waals surface area contributed by atoms with E-state index in [1.165, 1.54) is 12.8 Å². The lowest BCUT2D eigenvalue weighted by molar-refractivity contribution is 0.491. The quantitative estimate of drug-likeness (QED) is 0.571. The van der Waals surface area contributed by atoms with Crippen LogP contribution in [0.2, 0.25) is 0 Å². The van der Waals surface area contributed by atoms with Crippen LogP contribution in [0.1, 0.15) is 45.6 Å². The van der Waals surface area contributed by atoms with Crippen molar-refractivity contribution in [3.8, 4) is 5.82 Å². The summed E-state index contributed by atoms with van der Waals surface area (Å²) in [7, 11) is 1.80. The van der Waals surface area contributed by atoms with E-state index in [9.17, 15) is 0 Å². The molecule has 2 N–H and O–H groups in total. The summed E-state index contributed by atoms with van der Waals surface area (Å²) in [5, 5.41) is 6.80. The summed E-state index contributed by atoms with van der Waals surface area (Å²) in [5.74, 6) is 2.46. The van der Waals surface area contributed by atoms with Gasteiger partial charge in [0.1, 0.15) is 12.1 Å². The van der Waals surface area contributed by atoms with Crippen molar-refractivity contribution in [2.45, 2.75) is 52.6 Å². The van der Waals surface area contributed by atoms with Crippen molar-refractivity contribution in [2.75, 3.05) is 7.05 Å². The van der Waals surface area contributed by atoms with Crippen molar-refractivity contribution >= 4 is 5.96 Å². The molecule has 0 saturated heterocycles. The molecule has 2 aromatic rings. The summed E-state index contributed by atoms with van der Waals surface area (Å²) >= 11 is 0. The molecule has 1 atom stereocenters. The van der Waals surface area contributed by atoms with Crippen molar-refractivity contribution < 1.29 is 0 Å². The number of hydrogen-bond donors (Lipinski definition) is 2. The molecule has 6 nitrogen and oxygen atoms in total. The minimum absolute atomic E-state index is 0.409. The van der Waals surface area contributed by atoms with Crippen molar-refractivity contribution in [1.82, 2.24) is 25.2 Å². The number of imidazole rings is 1. The normalized spacial score (nSPS) is 13.1. The molecule has 25 heavy (non-hydrogen) atoms. The lowest BCUT2D eigenvalue weighted by atomic mass is 10.0. The highest BCUT2D eigenvalue weighted by Gasteiger charge is 2.06. The molecule has 0 aliphatic carbocycles. The lowest BCUT2D eigenvalue weighted by Gasteiger charge is -2.18. The Bertz CT molecular complexity index is 630. The molecule has 0 aromatic carbocycles. The Morgan fingerprint density at radius 1 is 1.24 bits per heavy atom. The minimum atomic E-state index is 0.409. The molecule has 0 saturated carbocycles. The summed E-state index contributed by atoms with van der Waals surface area (Å²) in [5.41, 5.74) is 1.11. The fourth-order valence-corrected chi connectivity index (χ4v) is 2.59. The van der Waals surface area contributed by atoms with Crippen LogP contribution in [0.25, 0.3) is 5.82 Å². The average molecular weight is 342 g/mol. The molecule has 0 aliphatic rings. The second kappa shape index (κ2) is 9.81. The van der Waals surface area contributed by atoms with Gasteiger partial charge in [-0.2, -0.15) is 0 Å². The van der Waals surface area contributed by atoms with Crippen LogP contribution in [0.15, 0.2) is 42.0 Å². The Kier molecular flexibility index (Phi) is 7.44. The van der Waals surface area contributed by atoms with Gasteiger partial charge in [-0.25, -0.2) is 9.97 Å². The van der Waals surface area contributed by atoms with E-state index < -0.39 is 0 Å². The van der Waals surface area contributed by atoms with Gasteiger partial charge in [0, 0.05) is 38.2 Å². The third kappa shape index (κ3) is 6.57. The van der Waals surface area contributed by atoms with Gasteiger partial charge in [-0.3, -0.25) is 9.56 Å². The van der Waals surface area contributed by atoms with E-state index in [1.807, 2.05) is 23.0 Å². The lowest BCUT2D eigenvalue weighted by Crippen LogP contribution is -2.41. The van der Waals surface area contributed by atoms with Crippen molar-refractivity contribution in [1.29, 1.82) is 0 Å². The first-order chi connectivity index (χ1) is 12.1. The zero-order chi connectivity index (χ0) is 18.1. The van der Waals surface area contributed by atoms with Crippen LogP contribution in [-0.2, 0) is 6.54 Å². The van der Waals surface area contributed by atoms with Crippen molar-refractivity contribution in [3.63, 3.8) is 0 Å². The number of pyridine rings is 1. The minimum Gasteiger partial charge on any atom is -0.354 e. The predicted molar refractivity (Wildman–Crippen MR) is 103 cm³/mol. The van der Waals surface area contributed by atoms with Crippen LogP contribution < -0.4 is 10.6 Å². The molecule has 2 aromatic heterocycles. The predicted octanol–water partition coefficient (Wildman–Crippen LogP) is 3.15. The standard InChI is InChI=1S/C19H30N6/c1-15(2)6-5-7-16(3)24-19(20-4)23-13-17-8-9-18(22-12-17)25-11-10-21-14-25/h8-12,14-16H,5-7,13H2,1-4H3,(H2,20,23,24). The van der Waals surface area contributed by atoms with E-state index in [4.69, 9.17) is 0 Å². The summed E-state index contributed by atoms with van der Waals surface area (Å²) in [6.07, 6.45) is 10.9. The van der Waals surface area contributed by atoms with E-state index in [2.05, 4.69) is 52.4 Å². The topological polar surface area (TPSA) is 67.1 Å². The summed E-state index contributed by atoms with van der Waals surface area (Å²) in [6.45, 7) is 7.43. The largest absolute Gasteiger partial charge is 0.354 e. The zero-order valence-corrected chi connectivity index (χ0v) is 15.7. The van der Waals surface area contributed by atoms with Gasteiger partial charge in [0.2, 0.25) is 0 Å². The molecular weight excluding hydrogens is 312 g/mol. The average Bonchev–Trinajstić information content (AvgIpc) is 3.13. The molecule has 2 rings (SSSR count). The molecule has 0 radical (unpaired) electrons. The second-order valence-electron chi connectivity index (χ2n) is 6.79. The summed E-state index contributed by atoms with van der Waals surface area (Å²) in [4.78, 5) is 12.8.